The summed E-state index contributed by atoms with van der Waals surface area (Å²) >= 11 is 11.9. The molecule has 0 spiro atoms. The van der Waals surface area contributed by atoms with E-state index in [9.17, 15) is 4.79 Å². The van der Waals surface area contributed by atoms with E-state index < -0.39 is 0 Å². The normalized spacial score (nSPS) is 10.8. The Morgan fingerprint density at radius 1 is 1.04 bits per heavy atom. The van der Waals surface area contributed by atoms with E-state index in [-0.39, 0.29) is 5.91 Å². The minimum Gasteiger partial charge on any atom is -0.490 e. The fourth-order valence-electron chi connectivity index (χ4n) is 2.26. The van der Waals surface area contributed by atoms with Gasteiger partial charge in [0.2, 0.25) is 5.91 Å². The molecule has 2 aromatic rings. The molecule has 0 aliphatic carbocycles. The van der Waals surface area contributed by atoms with Gasteiger partial charge in [-0.3, -0.25) is 4.79 Å². The average Bonchev–Trinajstić information content (AvgIpc) is 2.61. The average molecular weight is 394 g/mol. The second-order valence-corrected chi connectivity index (χ2v) is 6.21. The van der Waals surface area contributed by atoms with E-state index in [1.807, 2.05) is 32.0 Å². The van der Waals surface area contributed by atoms with E-state index >= 15 is 0 Å². The molecule has 138 valence electrons. The van der Waals surface area contributed by atoms with E-state index in [2.05, 4.69) is 5.32 Å². The molecule has 0 fully saturated rings. The van der Waals surface area contributed by atoms with Gasteiger partial charge in [0.25, 0.3) is 0 Å². The van der Waals surface area contributed by atoms with Crippen LogP contribution < -0.4 is 14.8 Å². The Morgan fingerprint density at radius 3 is 2.46 bits per heavy atom. The predicted molar refractivity (Wildman–Crippen MR) is 106 cm³/mol. The lowest BCUT2D eigenvalue weighted by Crippen LogP contribution is -2.20. The Bertz CT molecular complexity index is 791. The Morgan fingerprint density at radius 2 is 1.77 bits per heavy atom. The van der Waals surface area contributed by atoms with Crippen LogP contribution >= 0.6 is 23.2 Å². The summed E-state index contributed by atoms with van der Waals surface area (Å²) in [7, 11) is 0. The molecule has 2 rings (SSSR count). The van der Waals surface area contributed by atoms with Gasteiger partial charge in [-0.15, -0.1) is 0 Å². The predicted octanol–water partition coefficient (Wildman–Crippen LogP) is 5.12. The Kier molecular flexibility index (Phi) is 7.82. The van der Waals surface area contributed by atoms with E-state index in [0.29, 0.717) is 41.3 Å². The first kappa shape index (κ1) is 20.1. The molecule has 0 heterocycles. The zero-order chi connectivity index (χ0) is 18.9. The van der Waals surface area contributed by atoms with Crippen LogP contribution in [0.4, 0.5) is 0 Å². The van der Waals surface area contributed by atoms with Crippen molar-refractivity contribution in [2.24, 2.45) is 0 Å². The number of carbonyl (C=O) groups excluding carboxylic acids is 1. The highest BCUT2D eigenvalue weighted by atomic mass is 35.5. The highest BCUT2D eigenvalue weighted by Crippen LogP contribution is 2.28. The lowest BCUT2D eigenvalue weighted by molar-refractivity contribution is -0.116. The molecule has 0 aromatic heterocycles. The number of carbonyl (C=O) groups is 1. The van der Waals surface area contributed by atoms with Gasteiger partial charge in [0.05, 0.1) is 13.2 Å². The molecule has 26 heavy (non-hydrogen) atoms. The van der Waals surface area contributed by atoms with Gasteiger partial charge >= 0.3 is 0 Å². The van der Waals surface area contributed by atoms with Gasteiger partial charge in [-0.25, -0.2) is 0 Å². The summed E-state index contributed by atoms with van der Waals surface area (Å²) in [5.74, 6) is 1.15. The van der Waals surface area contributed by atoms with Crippen LogP contribution in [-0.2, 0) is 11.3 Å². The smallest absolute Gasteiger partial charge is 0.244 e. The first-order valence-corrected chi connectivity index (χ1v) is 9.08. The Labute approximate surface area is 163 Å². The molecule has 1 amide bonds. The number of nitrogens with one attached hydrogen (secondary N) is 1. The molecule has 6 heteroatoms. The van der Waals surface area contributed by atoms with Gasteiger partial charge in [-0.2, -0.15) is 0 Å². The summed E-state index contributed by atoms with van der Waals surface area (Å²) in [6.07, 6.45) is 3.09. The molecule has 0 aliphatic rings. The van der Waals surface area contributed by atoms with Crippen LogP contribution in [0.3, 0.4) is 0 Å². The van der Waals surface area contributed by atoms with Crippen molar-refractivity contribution in [2.75, 3.05) is 13.2 Å². The minimum absolute atomic E-state index is 0.220. The monoisotopic (exact) mass is 393 g/mol. The van der Waals surface area contributed by atoms with Gasteiger partial charge in [0.15, 0.2) is 11.5 Å². The quantitative estimate of drug-likeness (QED) is 0.633. The fraction of sp³-hybridized carbons (Fsp3) is 0.250. The number of rotatable bonds is 8. The molecule has 0 saturated carbocycles. The molecule has 1 N–H and O–H groups in total. The standard InChI is InChI=1S/C20H21Cl2NO3/c1-3-25-18-9-5-14(11-19(18)26-4-2)13-23-20(24)10-7-15-6-8-16(21)12-17(15)22/h5-12H,3-4,13H2,1-2H3,(H,23,24)/b10-7+. The van der Waals surface area contributed by atoms with Crippen molar-refractivity contribution in [2.45, 2.75) is 20.4 Å². The first-order chi connectivity index (χ1) is 12.5. The number of ether oxygens (including phenoxy) is 2. The van der Waals surface area contributed by atoms with Gasteiger partial charge in [-0.1, -0.05) is 35.3 Å². The topological polar surface area (TPSA) is 47.6 Å². The maximum absolute atomic E-state index is 12.0. The lowest BCUT2D eigenvalue weighted by Gasteiger charge is -2.12. The maximum atomic E-state index is 12.0. The molecule has 0 aliphatic heterocycles. The molecular formula is C20H21Cl2NO3. The van der Waals surface area contributed by atoms with Gasteiger partial charge in [0.1, 0.15) is 0 Å². The highest BCUT2D eigenvalue weighted by Gasteiger charge is 2.07. The molecule has 0 bridgehead atoms. The third-order valence-electron chi connectivity index (χ3n) is 3.45. The van der Waals surface area contributed by atoms with Crippen molar-refractivity contribution in [3.05, 3.63) is 63.6 Å². The second-order valence-electron chi connectivity index (χ2n) is 5.36. The molecule has 0 saturated heterocycles. The SMILES string of the molecule is CCOc1ccc(CNC(=O)/C=C/c2ccc(Cl)cc2Cl)cc1OCC. The number of hydrogen-bond acceptors (Lipinski definition) is 3. The van der Waals surface area contributed by atoms with Crippen molar-refractivity contribution in [3.8, 4) is 11.5 Å². The zero-order valence-corrected chi connectivity index (χ0v) is 16.2. The van der Waals surface area contributed by atoms with Crippen molar-refractivity contribution in [1.29, 1.82) is 0 Å². The van der Waals surface area contributed by atoms with Crippen molar-refractivity contribution in [1.82, 2.24) is 5.32 Å². The van der Waals surface area contributed by atoms with Crippen LogP contribution in [0.1, 0.15) is 25.0 Å². The second kappa shape index (κ2) is 10.1. The Hall–Kier alpha value is -2.17. The van der Waals surface area contributed by atoms with Gasteiger partial charge in [-0.05, 0) is 55.3 Å². The van der Waals surface area contributed by atoms with E-state index in [0.717, 1.165) is 11.1 Å². The van der Waals surface area contributed by atoms with E-state index in [4.69, 9.17) is 32.7 Å². The van der Waals surface area contributed by atoms with Crippen LogP contribution in [0.15, 0.2) is 42.5 Å². The molecule has 2 aromatic carbocycles. The zero-order valence-electron chi connectivity index (χ0n) is 14.7. The van der Waals surface area contributed by atoms with Crippen molar-refractivity contribution >= 4 is 35.2 Å². The van der Waals surface area contributed by atoms with Crippen molar-refractivity contribution < 1.29 is 14.3 Å². The van der Waals surface area contributed by atoms with Gasteiger partial charge in [0, 0.05) is 22.7 Å². The summed E-state index contributed by atoms with van der Waals surface area (Å²) in [6, 6.07) is 10.7. The van der Waals surface area contributed by atoms with Crippen LogP contribution in [0, 0.1) is 0 Å². The molecular weight excluding hydrogens is 373 g/mol. The molecule has 0 radical (unpaired) electrons. The summed E-state index contributed by atoms with van der Waals surface area (Å²) in [5, 5.41) is 3.88. The van der Waals surface area contributed by atoms with Crippen molar-refractivity contribution in [3.63, 3.8) is 0 Å². The fourth-order valence-corrected chi connectivity index (χ4v) is 2.73. The largest absolute Gasteiger partial charge is 0.490 e. The van der Waals surface area contributed by atoms with Crippen LogP contribution in [0.2, 0.25) is 10.0 Å². The number of hydrogen-bond donors (Lipinski definition) is 1. The van der Waals surface area contributed by atoms with Gasteiger partial charge < -0.3 is 14.8 Å². The maximum Gasteiger partial charge on any atom is 0.244 e. The summed E-state index contributed by atoms with van der Waals surface area (Å²) in [5.41, 5.74) is 1.65. The number of halogens is 2. The first-order valence-electron chi connectivity index (χ1n) is 8.33. The molecule has 0 unspecified atom stereocenters. The van der Waals surface area contributed by atoms with E-state index in [1.54, 1.807) is 24.3 Å². The van der Waals surface area contributed by atoms with Crippen LogP contribution in [-0.4, -0.2) is 19.1 Å². The number of benzene rings is 2. The third kappa shape index (κ3) is 5.97. The highest BCUT2D eigenvalue weighted by molar-refractivity contribution is 6.35. The van der Waals surface area contributed by atoms with Crippen LogP contribution in [0.25, 0.3) is 6.08 Å². The Balaban J connectivity index is 1.98. The summed E-state index contributed by atoms with van der Waals surface area (Å²) in [6.45, 7) is 5.32. The minimum atomic E-state index is -0.220. The van der Waals surface area contributed by atoms with E-state index in [1.165, 1.54) is 6.08 Å². The number of amides is 1. The summed E-state index contributed by atoms with van der Waals surface area (Å²) in [4.78, 5) is 12.0. The lowest BCUT2D eigenvalue weighted by atomic mass is 10.2. The third-order valence-corrected chi connectivity index (χ3v) is 4.01. The molecule has 0 atom stereocenters. The molecule has 4 nitrogen and oxygen atoms in total. The summed E-state index contributed by atoms with van der Waals surface area (Å²) < 4.78 is 11.1. The van der Waals surface area contributed by atoms with Crippen LogP contribution in [0.5, 0.6) is 11.5 Å².